The number of rotatable bonds is 4. The Morgan fingerprint density at radius 2 is 1.74 bits per heavy atom. The Morgan fingerprint density at radius 1 is 0.913 bits per heavy atom. The van der Waals surface area contributed by atoms with Gasteiger partial charge in [-0.05, 0) is 35.9 Å². The highest BCUT2D eigenvalue weighted by Crippen LogP contribution is 2.30. The summed E-state index contributed by atoms with van der Waals surface area (Å²) in [5.41, 5.74) is 1.80. The maximum atomic E-state index is 6.17. The third-order valence-electron chi connectivity index (χ3n) is 3.00. The fourth-order valence-corrected chi connectivity index (χ4v) is 3.45. The van der Waals surface area contributed by atoms with Crippen LogP contribution in [-0.2, 0) is 5.75 Å². The van der Waals surface area contributed by atoms with E-state index in [1.165, 1.54) is 11.8 Å². The van der Waals surface area contributed by atoms with Crippen molar-refractivity contribution in [2.24, 2.45) is 0 Å². The van der Waals surface area contributed by atoms with Gasteiger partial charge in [0.15, 0.2) is 5.82 Å². The van der Waals surface area contributed by atoms with E-state index in [0.717, 1.165) is 11.1 Å². The summed E-state index contributed by atoms with van der Waals surface area (Å²) in [5.74, 6) is 1.28. The van der Waals surface area contributed by atoms with Crippen molar-refractivity contribution in [2.45, 2.75) is 10.9 Å². The molecule has 3 rings (SSSR count). The molecule has 1 heterocycles. The molecule has 1 N–H and O–H groups in total. The van der Waals surface area contributed by atoms with Crippen LogP contribution in [0.1, 0.15) is 5.56 Å². The van der Waals surface area contributed by atoms with Crippen LogP contribution in [0.4, 0.5) is 0 Å². The number of aromatic amines is 1. The van der Waals surface area contributed by atoms with Crippen LogP contribution in [0.5, 0.6) is 0 Å². The van der Waals surface area contributed by atoms with Crippen LogP contribution >= 0.6 is 58.2 Å². The van der Waals surface area contributed by atoms with Crippen molar-refractivity contribution < 1.29 is 0 Å². The molecule has 118 valence electrons. The van der Waals surface area contributed by atoms with E-state index in [1.54, 1.807) is 24.3 Å². The number of aromatic nitrogens is 3. The van der Waals surface area contributed by atoms with Gasteiger partial charge in [-0.2, -0.15) is 0 Å². The lowest BCUT2D eigenvalue weighted by molar-refractivity contribution is 0.973. The summed E-state index contributed by atoms with van der Waals surface area (Å²) < 4.78 is 0. The topological polar surface area (TPSA) is 41.6 Å². The minimum atomic E-state index is 0.523. The minimum absolute atomic E-state index is 0.523. The van der Waals surface area contributed by atoms with Gasteiger partial charge in [0.05, 0.1) is 15.1 Å². The Hall–Kier alpha value is -0.910. The summed E-state index contributed by atoms with van der Waals surface area (Å²) in [5, 5.41) is 9.87. The standard InChI is InChI=1S/C15H9Cl4N3S/c16-9-2-3-10(12(18)6-9)14-20-15(22-21-14)23-7-8-1-4-11(17)13(19)5-8/h1-6H,7H2,(H,20,21,22). The molecule has 0 atom stereocenters. The second-order valence-electron chi connectivity index (χ2n) is 4.63. The smallest absolute Gasteiger partial charge is 0.209 e. The first-order valence-electron chi connectivity index (χ1n) is 6.47. The Balaban J connectivity index is 1.73. The molecule has 0 amide bonds. The third-order valence-corrected chi connectivity index (χ3v) is 5.21. The van der Waals surface area contributed by atoms with Crippen molar-refractivity contribution in [1.82, 2.24) is 15.2 Å². The fourth-order valence-electron chi connectivity index (χ4n) is 1.89. The second-order valence-corrected chi connectivity index (χ2v) is 7.23. The van der Waals surface area contributed by atoms with Crippen LogP contribution in [-0.4, -0.2) is 15.2 Å². The Kier molecular flexibility index (Phi) is 5.39. The first kappa shape index (κ1) is 16.9. The summed E-state index contributed by atoms with van der Waals surface area (Å²) >= 11 is 25.5. The zero-order valence-electron chi connectivity index (χ0n) is 11.5. The van der Waals surface area contributed by atoms with Crippen molar-refractivity contribution in [3.8, 4) is 11.4 Å². The van der Waals surface area contributed by atoms with Crippen molar-refractivity contribution in [1.29, 1.82) is 0 Å². The summed E-state index contributed by atoms with van der Waals surface area (Å²) in [6.07, 6.45) is 0. The maximum absolute atomic E-state index is 6.17. The van der Waals surface area contributed by atoms with Gasteiger partial charge in [0, 0.05) is 16.3 Å². The predicted octanol–water partition coefficient (Wildman–Crippen LogP) is 6.38. The van der Waals surface area contributed by atoms with E-state index in [1.807, 2.05) is 12.1 Å². The number of hydrogen-bond acceptors (Lipinski definition) is 3. The van der Waals surface area contributed by atoms with Crippen LogP contribution in [0, 0.1) is 0 Å². The van der Waals surface area contributed by atoms with E-state index in [-0.39, 0.29) is 0 Å². The Morgan fingerprint density at radius 3 is 2.48 bits per heavy atom. The molecule has 8 heteroatoms. The average molecular weight is 405 g/mol. The lowest BCUT2D eigenvalue weighted by Crippen LogP contribution is -1.83. The molecule has 0 aliphatic carbocycles. The number of benzene rings is 2. The first-order valence-corrected chi connectivity index (χ1v) is 8.97. The van der Waals surface area contributed by atoms with Crippen LogP contribution in [0.3, 0.4) is 0 Å². The van der Waals surface area contributed by atoms with Gasteiger partial charge in [-0.15, -0.1) is 5.10 Å². The van der Waals surface area contributed by atoms with Gasteiger partial charge in [-0.3, -0.25) is 5.10 Å². The molecule has 0 fully saturated rings. The fraction of sp³-hybridized carbons (Fsp3) is 0.0667. The predicted molar refractivity (Wildman–Crippen MR) is 97.9 cm³/mol. The number of H-pyrrole nitrogens is 1. The first-order chi connectivity index (χ1) is 11.0. The molecule has 0 unspecified atom stereocenters. The molecule has 1 aromatic heterocycles. The van der Waals surface area contributed by atoms with Gasteiger partial charge in [0.25, 0.3) is 0 Å². The van der Waals surface area contributed by atoms with E-state index >= 15 is 0 Å². The maximum Gasteiger partial charge on any atom is 0.209 e. The van der Waals surface area contributed by atoms with Crippen molar-refractivity contribution in [2.75, 3.05) is 0 Å². The molecule has 3 aromatic rings. The summed E-state index contributed by atoms with van der Waals surface area (Å²) in [7, 11) is 0. The Labute approximate surface area is 157 Å². The van der Waals surface area contributed by atoms with Crippen molar-refractivity contribution >= 4 is 58.2 Å². The zero-order valence-corrected chi connectivity index (χ0v) is 15.3. The van der Waals surface area contributed by atoms with E-state index < -0.39 is 0 Å². The quantitative estimate of drug-likeness (QED) is 0.513. The summed E-state index contributed by atoms with van der Waals surface area (Å²) in [6.45, 7) is 0. The van der Waals surface area contributed by atoms with E-state index in [4.69, 9.17) is 46.4 Å². The molecule has 0 spiro atoms. The van der Waals surface area contributed by atoms with Gasteiger partial charge in [-0.25, -0.2) is 4.98 Å². The van der Waals surface area contributed by atoms with Crippen LogP contribution < -0.4 is 0 Å². The lowest BCUT2D eigenvalue weighted by atomic mass is 10.2. The second kappa shape index (κ2) is 7.32. The monoisotopic (exact) mass is 403 g/mol. The largest absolute Gasteiger partial charge is 0.258 e. The number of nitrogens with zero attached hydrogens (tertiary/aromatic N) is 2. The zero-order chi connectivity index (χ0) is 16.4. The van der Waals surface area contributed by atoms with Gasteiger partial charge >= 0.3 is 0 Å². The molecule has 0 saturated carbocycles. The average Bonchev–Trinajstić information content (AvgIpc) is 2.97. The van der Waals surface area contributed by atoms with Gasteiger partial charge < -0.3 is 0 Å². The van der Waals surface area contributed by atoms with E-state index in [2.05, 4.69) is 15.2 Å². The van der Waals surface area contributed by atoms with Crippen LogP contribution in [0.15, 0.2) is 41.6 Å². The molecule has 0 aliphatic heterocycles. The summed E-state index contributed by atoms with van der Waals surface area (Å²) in [4.78, 5) is 4.44. The summed E-state index contributed by atoms with van der Waals surface area (Å²) in [6, 6.07) is 10.8. The molecule has 23 heavy (non-hydrogen) atoms. The SMILES string of the molecule is Clc1ccc(-c2nc(SCc3ccc(Cl)c(Cl)c3)n[nH]2)c(Cl)c1. The molecular weight excluding hydrogens is 396 g/mol. The molecule has 2 aromatic carbocycles. The highest BCUT2D eigenvalue weighted by molar-refractivity contribution is 7.98. The number of hydrogen-bond donors (Lipinski definition) is 1. The normalized spacial score (nSPS) is 11.0. The van der Waals surface area contributed by atoms with Gasteiger partial charge in [-0.1, -0.05) is 64.2 Å². The number of nitrogens with one attached hydrogen (secondary N) is 1. The van der Waals surface area contributed by atoms with Gasteiger partial charge in [0.1, 0.15) is 0 Å². The number of thioether (sulfide) groups is 1. The molecule has 0 radical (unpaired) electrons. The highest BCUT2D eigenvalue weighted by atomic mass is 35.5. The molecule has 0 saturated heterocycles. The van der Waals surface area contributed by atoms with Crippen LogP contribution in [0.25, 0.3) is 11.4 Å². The van der Waals surface area contributed by atoms with Crippen molar-refractivity contribution in [3.05, 3.63) is 62.1 Å². The van der Waals surface area contributed by atoms with Gasteiger partial charge in [0.2, 0.25) is 5.16 Å². The molecular formula is C15H9Cl4N3S. The van der Waals surface area contributed by atoms with Crippen LogP contribution in [0.2, 0.25) is 20.1 Å². The number of halogens is 4. The lowest BCUT2D eigenvalue weighted by Gasteiger charge is -2.01. The van der Waals surface area contributed by atoms with E-state index in [0.29, 0.717) is 36.8 Å². The third kappa shape index (κ3) is 4.14. The molecule has 0 bridgehead atoms. The highest BCUT2D eigenvalue weighted by Gasteiger charge is 2.10. The van der Waals surface area contributed by atoms with Crippen molar-refractivity contribution in [3.63, 3.8) is 0 Å². The molecule has 3 nitrogen and oxygen atoms in total. The van der Waals surface area contributed by atoms with E-state index in [9.17, 15) is 0 Å². The minimum Gasteiger partial charge on any atom is -0.258 e. The molecule has 0 aliphatic rings. The Bertz CT molecular complexity index is 850.